The predicted molar refractivity (Wildman–Crippen MR) is 71.1 cm³/mol. The fourth-order valence-electron chi connectivity index (χ4n) is 2.02. The molecule has 0 aliphatic carbocycles. The molecule has 0 saturated heterocycles. The summed E-state index contributed by atoms with van der Waals surface area (Å²) in [7, 11) is 1.43. The van der Waals surface area contributed by atoms with Crippen molar-refractivity contribution in [3.8, 4) is 0 Å². The molecule has 0 amide bonds. The Morgan fingerprint density at radius 2 is 1.76 bits per heavy atom. The molecule has 1 N–H and O–H groups in total. The van der Waals surface area contributed by atoms with Crippen molar-refractivity contribution in [3.05, 3.63) is 0 Å². The SMILES string of the molecule is CCC(NCCN(C(C)C)C(C)C)C(=O)OC. The van der Waals surface area contributed by atoms with Gasteiger partial charge >= 0.3 is 5.97 Å². The lowest BCUT2D eigenvalue weighted by Crippen LogP contribution is -2.45. The van der Waals surface area contributed by atoms with Crippen LogP contribution in [0.2, 0.25) is 0 Å². The Labute approximate surface area is 106 Å². The summed E-state index contributed by atoms with van der Waals surface area (Å²) in [5, 5.41) is 3.24. The maximum Gasteiger partial charge on any atom is 0.322 e. The number of rotatable bonds is 8. The van der Waals surface area contributed by atoms with E-state index in [1.54, 1.807) is 0 Å². The Bertz CT molecular complexity index is 209. The van der Waals surface area contributed by atoms with E-state index in [1.807, 2.05) is 6.92 Å². The Morgan fingerprint density at radius 1 is 1.24 bits per heavy atom. The van der Waals surface area contributed by atoms with Gasteiger partial charge in [-0.05, 0) is 34.1 Å². The van der Waals surface area contributed by atoms with Gasteiger partial charge < -0.3 is 10.1 Å². The molecule has 0 aromatic carbocycles. The Kier molecular flexibility index (Phi) is 8.17. The van der Waals surface area contributed by atoms with Crippen molar-refractivity contribution in [1.29, 1.82) is 0 Å². The first-order valence-electron chi connectivity index (χ1n) is 6.50. The summed E-state index contributed by atoms with van der Waals surface area (Å²) in [4.78, 5) is 13.8. The zero-order chi connectivity index (χ0) is 13.4. The summed E-state index contributed by atoms with van der Waals surface area (Å²) < 4.78 is 4.74. The highest BCUT2D eigenvalue weighted by Crippen LogP contribution is 2.03. The van der Waals surface area contributed by atoms with E-state index in [1.165, 1.54) is 7.11 Å². The number of nitrogens with one attached hydrogen (secondary N) is 1. The number of esters is 1. The molecule has 0 aliphatic rings. The standard InChI is InChI=1S/C13H28N2O2/c1-7-12(13(16)17-6)14-8-9-15(10(2)3)11(4)5/h10-12,14H,7-9H2,1-6H3. The molecule has 0 heterocycles. The molecule has 0 spiro atoms. The van der Waals surface area contributed by atoms with E-state index in [-0.39, 0.29) is 12.0 Å². The van der Waals surface area contributed by atoms with Crippen molar-refractivity contribution in [2.24, 2.45) is 0 Å². The molecular formula is C13H28N2O2. The van der Waals surface area contributed by atoms with E-state index < -0.39 is 0 Å². The van der Waals surface area contributed by atoms with Gasteiger partial charge in [0.25, 0.3) is 0 Å². The Balaban J connectivity index is 4.06. The lowest BCUT2D eigenvalue weighted by Gasteiger charge is -2.31. The molecular weight excluding hydrogens is 216 g/mol. The average molecular weight is 244 g/mol. The van der Waals surface area contributed by atoms with Gasteiger partial charge in [0.1, 0.15) is 6.04 Å². The number of carbonyl (C=O) groups is 1. The van der Waals surface area contributed by atoms with Crippen LogP contribution in [-0.4, -0.2) is 49.2 Å². The molecule has 0 aromatic heterocycles. The van der Waals surface area contributed by atoms with Gasteiger partial charge in [-0.15, -0.1) is 0 Å². The fourth-order valence-corrected chi connectivity index (χ4v) is 2.02. The van der Waals surface area contributed by atoms with Crippen molar-refractivity contribution in [2.45, 2.75) is 59.2 Å². The van der Waals surface area contributed by atoms with Crippen molar-refractivity contribution < 1.29 is 9.53 Å². The van der Waals surface area contributed by atoms with Crippen LogP contribution in [0.3, 0.4) is 0 Å². The number of hydrogen-bond donors (Lipinski definition) is 1. The van der Waals surface area contributed by atoms with Gasteiger partial charge in [0, 0.05) is 25.2 Å². The highest BCUT2D eigenvalue weighted by atomic mass is 16.5. The van der Waals surface area contributed by atoms with Gasteiger partial charge in [-0.1, -0.05) is 6.92 Å². The van der Waals surface area contributed by atoms with Crippen LogP contribution in [0.25, 0.3) is 0 Å². The maximum atomic E-state index is 11.4. The van der Waals surface area contributed by atoms with E-state index >= 15 is 0 Å². The minimum atomic E-state index is -0.179. The van der Waals surface area contributed by atoms with Gasteiger partial charge in [0.05, 0.1) is 7.11 Å². The summed E-state index contributed by atoms with van der Waals surface area (Å²) >= 11 is 0. The minimum absolute atomic E-state index is 0.173. The van der Waals surface area contributed by atoms with Crippen LogP contribution in [0.15, 0.2) is 0 Å². The highest BCUT2D eigenvalue weighted by Gasteiger charge is 2.17. The van der Waals surface area contributed by atoms with Gasteiger partial charge in [-0.2, -0.15) is 0 Å². The first-order chi connectivity index (χ1) is 7.93. The van der Waals surface area contributed by atoms with Crippen molar-refractivity contribution in [1.82, 2.24) is 10.2 Å². The molecule has 4 heteroatoms. The fraction of sp³-hybridized carbons (Fsp3) is 0.923. The Morgan fingerprint density at radius 3 is 2.12 bits per heavy atom. The normalized spacial score (nSPS) is 13.5. The topological polar surface area (TPSA) is 41.6 Å². The zero-order valence-corrected chi connectivity index (χ0v) is 12.1. The van der Waals surface area contributed by atoms with E-state index in [4.69, 9.17) is 4.74 Å². The van der Waals surface area contributed by atoms with Crippen LogP contribution in [0, 0.1) is 0 Å². The Hall–Kier alpha value is -0.610. The lowest BCUT2D eigenvalue weighted by molar-refractivity contribution is -0.143. The summed E-state index contributed by atoms with van der Waals surface area (Å²) in [5.41, 5.74) is 0. The van der Waals surface area contributed by atoms with Crippen LogP contribution >= 0.6 is 0 Å². The molecule has 17 heavy (non-hydrogen) atoms. The average Bonchev–Trinajstić information content (AvgIpc) is 2.27. The highest BCUT2D eigenvalue weighted by molar-refractivity contribution is 5.75. The second kappa shape index (κ2) is 8.48. The van der Waals surface area contributed by atoms with E-state index in [9.17, 15) is 4.79 Å². The quantitative estimate of drug-likeness (QED) is 0.659. The minimum Gasteiger partial charge on any atom is -0.468 e. The third-order valence-corrected chi connectivity index (χ3v) is 2.98. The second-order valence-electron chi connectivity index (χ2n) is 4.86. The molecule has 0 bridgehead atoms. The molecule has 4 nitrogen and oxygen atoms in total. The second-order valence-corrected chi connectivity index (χ2v) is 4.86. The number of hydrogen-bond acceptors (Lipinski definition) is 4. The van der Waals surface area contributed by atoms with Gasteiger partial charge in [0.15, 0.2) is 0 Å². The van der Waals surface area contributed by atoms with Crippen molar-refractivity contribution in [2.75, 3.05) is 20.2 Å². The molecule has 0 saturated carbocycles. The molecule has 0 aliphatic heterocycles. The number of ether oxygens (including phenoxy) is 1. The van der Waals surface area contributed by atoms with Crippen molar-refractivity contribution >= 4 is 5.97 Å². The van der Waals surface area contributed by atoms with Crippen LogP contribution < -0.4 is 5.32 Å². The lowest BCUT2D eigenvalue weighted by atomic mass is 10.2. The van der Waals surface area contributed by atoms with E-state index in [2.05, 4.69) is 37.9 Å². The van der Waals surface area contributed by atoms with Crippen LogP contribution in [-0.2, 0) is 9.53 Å². The zero-order valence-electron chi connectivity index (χ0n) is 12.1. The maximum absolute atomic E-state index is 11.4. The number of nitrogens with zero attached hydrogens (tertiary/aromatic N) is 1. The molecule has 102 valence electrons. The predicted octanol–water partition coefficient (Wildman–Crippen LogP) is 1.65. The van der Waals surface area contributed by atoms with Crippen LogP contribution in [0.1, 0.15) is 41.0 Å². The molecule has 0 rings (SSSR count). The summed E-state index contributed by atoms with van der Waals surface area (Å²) in [6.45, 7) is 12.5. The number of carbonyl (C=O) groups excluding carboxylic acids is 1. The first kappa shape index (κ1) is 16.4. The summed E-state index contributed by atoms with van der Waals surface area (Å²) in [6, 6.07) is 0.867. The van der Waals surface area contributed by atoms with Gasteiger partial charge in [0.2, 0.25) is 0 Å². The molecule has 0 aromatic rings. The molecule has 0 radical (unpaired) electrons. The number of methoxy groups -OCH3 is 1. The monoisotopic (exact) mass is 244 g/mol. The third kappa shape index (κ3) is 6.03. The molecule has 0 fully saturated rings. The van der Waals surface area contributed by atoms with E-state index in [0.29, 0.717) is 12.1 Å². The molecule has 1 unspecified atom stereocenters. The smallest absolute Gasteiger partial charge is 0.322 e. The largest absolute Gasteiger partial charge is 0.468 e. The van der Waals surface area contributed by atoms with Gasteiger partial charge in [-0.25, -0.2) is 0 Å². The first-order valence-corrected chi connectivity index (χ1v) is 6.50. The molecule has 1 atom stereocenters. The van der Waals surface area contributed by atoms with E-state index in [0.717, 1.165) is 19.5 Å². The van der Waals surface area contributed by atoms with Gasteiger partial charge in [-0.3, -0.25) is 9.69 Å². The summed E-state index contributed by atoms with van der Waals surface area (Å²) in [6.07, 6.45) is 0.760. The van der Waals surface area contributed by atoms with Crippen molar-refractivity contribution in [3.63, 3.8) is 0 Å². The van der Waals surface area contributed by atoms with Crippen LogP contribution in [0.5, 0.6) is 0 Å². The van der Waals surface area contributed by atoms with Crippen LogP contribution in [0.4, 0.5) is 0 Å². The summed E-state index contributed by atoms with van der Waals surface area (Å²) in [5.74, 6) is -0.173. The third-order valence-electron chi connectivity index (χ3n) is 2.98.